The molecule has 0 saturated carbocycles. The van der Waals surface area contributed by atoms with Gasteiger partial charge in [-0.1, -0.05) is 17.3 Å². The molecule has 0 aliphatic heterocycles. The molecule has 1 N–H and O–H groups in total. The van der Waals surface area contributed by atoms with Gasteiger partial charge in [-0.25, -0.2) is 4.98 Å². The second-order valence-electron chi connectivity index (χ2n) is 5.47. The van der Waals surface area contributed by atoms with Crippen LogP contribution in [0.2, 0.25) is 0 Å². The zero-order valence-electron chi connectivity index (χ0n) is 13.7. The molecule has 7 nitrogen and oxygen atoms in total. The van der Waals surface area contributed by atoms with Gasteiger partial charge in [0.15, 0.2) is 6.61 Å². The molecule has 0 spiro atoms. The zero-order valence-corrected chi connectivity index (χ0v) is 14.5. The molecule has 0 atom stereocenters. The maximum Gasteiger partial charge on any atom is 0.306 e. The van der Waals surface area contributed by atoms with E-state index in [4.69, 9.17) is 9.26 Å². The van der Waals surface area contributed by atoms with Crippen LogP contribution in [0.15, 0.2) is 34.9 Å². The van der Waals surface area contributed by atoms with Crippen molar-refractivity contribution in [1.29, 1.82) is 0 Å². The van der Waals surface area contributed by atoms with Crippen LogP contribution in [0.3, 0.4) is 0 Å². The average Bonchev–Trinajstić information content (AvgIpc) is 3.18. The lowest BCUT2D eigenvalue weighted by molar-refractivity contribution is -0.147. The van der Waals surface area contributed by atoms with E-state index >= 15 is 0 Å². The molecule has 2 aromatic heterocycles. The number of benzene rings is 1. The Morgan fingerprint density at radius 2 is 2.16 bits per heavy atom. The summed E-state index contributed by atoms with van der Waals surface area (Å²) in [5.41, 5.74) is 1.63. The SMILES string of the molecule is Cc1cc(NC(=O)COC(=O)CCCc2nc3ccccc3s2)on1. The predicted molar refractivity (Wildman–Crippen MR) is 93.4 cm³/mol. The Balaban J connectivity index is 1.37. The van der Waals surface area contributed by atoms with Crippen molar-refractivity contribution < 1.29 is 18.8 Å². The fraction of sp³-hybridized carbons (Fsp3) is 0.294. The summed E-state index contributed by atoms with van der Waals surface area (Å²) in [4.78, 5) is 27.9. The number of carbonyl (C=O) groups excluding carboxylic acids is 2. The molecule has 0 saturated heterocycles. The van der Waals surface area contributed by atoms with Crippen LogP contribution in [-0.4, -0.2) is 28.6 Å². The number of nitrogens with zero attached hydrogens (tertiary/aromatic N) is 2. The van der Waals surface area contributed by atoms with E-state index < -0.39 is 11.9 Å². The number of hydrogen-bond donors (Lipinski definition) is 1. The van der Waals surface area contributed by atoms with Crippen molar-refractivity contribution in [2.75, 3.05) is 11.9 Å². The van der Waals surface area contributed by atoms with Gasteiger partial charge in [0, 0.05) is 12.5 Å². The molecule has 0 bridgehead atoms. The number of amides is 1. The number of ether oxygens (including phenoxy) is 1. The number of thiazole rings is 1. The summed E-state index contributed by atoms with van der Waals surface area (Å²) in [6.45, 7) is 1.39. The average molecular weight is 359 g/mol. The summed E-state index contributed by atoms with van der Waals surface area (Å²) in [6, 6.07) is 9.51. The maximum absolute atomic E-state index is 11.7. The molecule has 25 heavy (non-hydrogen) atoms. The summed E-state index contributed by atoms with van der Waals surface area (Å²) in [5, 5.41) is 7.10. The van der Waals surface area contributed by atoms with Gasteiger partial charge >= 0.3 is 5.97 Å². The fourth-order valence-electron chi connectivity index (χ4n) is 2.23. The third-order valence-electron chi connectivity index (χ3n) is 3.36. The van der Waals surface area contributed by atoms with Gasteiger partial charge in [-0.15, -0.1) is 11.3 Å². The van der Waals surface area contributed by atoms with E-state index in [2.05, 4.69) is 15.5 Å². The molecule has 2 heterocycles. The van der Waals surface area contributed by atoms with Crippen molar-refractivity contribution in [2.24, 2.45) is 0 Å². The van der Waals surface area contributed by atoms with Crippen molar-refractivity contribution in [1.82, 2.24) is 10.1 Å². The number of carbonyl (C=O) groups is 2. The predicted octanol–water partition coefficient (Wildman–Crippen LogP) is 3.10. The fourth-order valence-corrected chi connectivity index (χ4v) is 3.23. The lowest BCUT2D eigenvalue weighted by Gasteiger charge is -2.04. The maximum atomic E-state index is 11.7. The molecule has 0 fully saturated rings. The van der Waals surface area contributed by atoms with E-state index in [1.807, 2.05) is 24.3 Å². The highest BCUT2D eigenvalue weighted by molar-refractivity contribution is 7.18. The van der Waals surface area contributed by atoms with Crippen molar-refractivity contribution in [3.05, 3.63) is 41.0 Å². The molecule has 0 radical (unpaired) electrons. The number of anilines is 1. The van der Waals surface area contributed by atoms with Crippen molar-refractivity contribution >= 4 is 39.3 Å². The van der Waals surface area contributed by atoms with Crippen LogP contribution >= 0.6 is 11.3 Å². The Bertz CT molecular complexity index is 854. The highest BCUT2D eigenvalue weighted by atomic mass is 32.1. The van der Waals surface area contributed by atoms with Crippen molar-refractivity contribution in [3.63, 3.8) is 0 Å². The number of para-hydroxylation sites is 1. The van der Waals surface area contributed by atoms with E-state index in [0.717, 1.165) is 15.2 Å². The Morgan fingerprint density at radius 3 is 2.92 bits per heavy atom. The molecular weight excluding hydrogens is 342 g/mol. The molecule has 130 valence electrons. The van der Waals surface area contributed by atoms with E-state index in [1.165, 1.54) is 0 Å². The van der Waals surface area contributed by atoms with Gasteiger partial charge in [-0.05, 0) is 31.9 Å². The highest BCUT2D eigenvalue weighted by Gasteiger charge is 2.11. The second-order valence-corrected chi connectivity index (χ2v) is 6.59. The normalized spacial score (nSPS) is 10.8. The molecule has 3 rings (SSSR count). The van der Waals surface area contributed by atoms with Crippen LogP contribution in [0.25, 0.3) is 10.2 Å². The third kappa shape index (κ3) is 4.87. The number of fused-ring (bicyclic) bond motifs is 1. The van der Waals surface area contributed by atoms with Crippen LogP contribution in [0.5, 0.6) is 0 Å². The summed E-state index contributed by atoms with van der Waals surface area (Å²) in [6.07, 6.45) is 1.57. The van der Waals surface area contributed by atoms with Crippen LogP contribution < -0.4 is 5.32 Å². The Hall–Kier alpha value is -2.74. The zero-order chi connectivity index (χ0) is 17.6. The topological polar surface area (TPSA) is 94.3 Å². The molecule has 0 unspecified atom stereocenters. The van der Waals surface area contributed by atoms with Crippen LogP contribution in [0.1, 0.15) is 23.5 Å². The number of aryl methyl sites for hydroxylation is 2. The highest BCUT2D eigenvalue weighted by Crippen LogP contribution is 2.22. The van der Waals surface area contributed by atoms with Crippen LogP contribution in [0.4, 0.5) is 5.88 Å². The van der Waals surface area contributed by atoms with Crippen LogP contribution in [0, 0.1) is 6.92 Å². The summed E-state index contributed by atoms with van der Waals surface area (Å²) >= 11 is 1.63. The molecule has 0 aliphatic rings. The molecule has 0 aliphatic carbocycles. The van der Waals surface area contributed by atoms with E-state index in [1.54, 1.807) is 24.3 Å². The van der Waals surface area contributed by atoms with Gasteiger partial charge in [0.05, 0.1) is 20.9 Å². The van der Waals surface area contributed by atoms with Gasteiger partial charge in [0.1, 0.15) is 0 Å². The van der Waals surface area contributed by atoms with Crippen LogP contribution in [-0.2, 0) is 20.7 Å². The Kier molecular flexibility index (Phi) is 5.39. The first kappa shape index (κ1) is 17.1. The number of rotatable bonds is 7. The first-order chi connectivity index (χ1) is 12.1. The summed E-state index contributed by atoms with van der Waals surface area (Å²) in [5.74, 6) is -0.643. The molecule has 8 heteroatoms. The number of hydrogen-bond acceptors (Lipinski definition) is 7. The molecular formula is C17H17N3O4S. The molecule has 3 aromatic rings. The number of nitrogens with one attached hydrogen (secondary N) is 1. The first-order valence-corrected chi connectivity index (χ1v) is 8.65. The lowest BCUT2D eigenvalue weighted by Crippen LogP contribution is -2.20. The monoisotopic (exact) mass is 359 g/mol. The lowest BCUT2D eigenvalue weighted by atomic mass is 10.2. The van der Waals surface area contributed by atoms with Gasteiger partial charge in [0.25, 0.3) is 5.91 Å². The largest absolute Gasteiger partial charge is 0.456 e. The smallest absolute Gasteiger partial charge is 0.306 e. The number of aromatic nitrogens is 2. The molecule has 1 amide bonds. The Morgan fingerprint density at radius 1 is 1.32 bits per heavy atom. The van der Waals surface area contributed by atoms with Gasteiger partial charge in [-0.2, -0.15) is 0 Å². The minimum absolute atomic E-state index is 0.231. The van der Waals surface area contributed by atoms with E-state index in [0.29, 0.717) is 18.5 Å². The third-order valence-corrected chi connectivity index (χ3v) is 4.46. The molecule has 1 aromatic carbocycles. The standard InChI is InChI=1S/C17H17N3O4S/c1-11-9-15(24-20-11)19-14(21)10-23-17(22)8-4-7-16-18-12-5-2-3-6-13(12)25-16/h2-3,5-6,9H,4,7-8,10H2,1H3,(H,19,21). The quantitative estimate of drug-likeness (QED) is 0.652. The first-order valence-electron chi connectivity index (χ1n) is 7.83. The summed E-state index contributed by atoms with van der Waals surface area (Å²) < 4.78 is 10.9. The Labute approximate surface area is 148 Å². The summed E-state index contributed by atoms with van der Waals surface area (Å²) in [7, 11) is 0. The van der Waals surface area contributed by atoms with Gasteiger partial charge in [-0.3, -0.25) is 14.9 Å². The van der Waals surface area contributed by atoms with Gasteiger partial charge in [0.2, 0.25) is 5.88 Å². The van der Waals surface area contributed by atoms with E-state index in [9.17, 15) is 9.59 Å². The second kappa shape index (κ2) is 7.89. The van der Waals surface area contributed by atoms with Crippen molar-refractivity contribution in [3.8, 4) is 0 Å². The van der Waals surface area contributed by atoms with E-state index in [-0.39, 0.29) is 18.9 Å². The van der Waals surface area contributed by atoms with Gasteiger partial charge < -0.3 is 9.26 Å². The van der Waals surface area contributed by atoms with Crippen molar-refractivity contribution in [2.45, 2.75) is 26.2 Å². The number of esters is 1. The minimum atomic E-state index is -0.462. The minimum Gasteiger partial charge on any atom is -0.456 e.